The Morgan fingerprint density at radius 1 is 1.00 bits per heavy atom. The Hall–Kier alpha value is -2.97. The minimum absolute atomic E-state index is 0.0624. The van der Waals surface area contributed by atoms with Crippen molar-refractivity contribution in [2.75, 3.05) is 26.2 Å². The van der Waals surface area contributed by atoms with E-state index in [0.29, 0.717) is 26.0 Å². The number of amides is 1. The fourth-order valence-electron chi connectivity index (χ4n) is 3.92. The molecular weight excluding hydrogens is 431 g/mol. The van der Waals surface area contributed by atoms with Crippen molar-refractivity contribution < 1.29 is 22.3 Å². The van der Waals surface area contributed by atoms with Crippen molar-refractivity contribution in [2.24, 2.45) is 5.92 Å². The summed E-state index contributed by atoms with van der Waals surface area (Å²) in [5.41, 5.74) is 0. The molecule has 0 saturated carbocycles. The summed E-state index contributed by atoms with van der Waals surface area (Å²) in [4.78, 5) is 12.6. The van der Waals surface area contributed by atoms with E-state index in [1.54, 1.807) is 0 Å². The van der Waals surface area contributed by atoms with Crippen LogP contribution in [0.15, 0.2) is 71.6 Å². The smallest absolute Gasteiger partial charge is 0.243 e. The molecule has 3 aromatic carbocycles. The second-order valence-corrected chi connectivity index (χ2v) is 9.69. The number of ether oxygens (including phenoxy) is 1. The molecule has 0 atom stereocenters. The molecule has 32 heavy (non-hydrogen) atoms. The van der Waals surface area contributed by atoms with E-state index in [2.05, 4.69) is 5.32 Å². The first kappa shape index (κ1) is 22.2. The zero-order chi connectivity index (χ0) is 22.6. The Bertz CT molecular complexity index is 1180. The predicted molar refractivity (Wildman–Crippen MR) is 120 cm³/mol. The van der Waals surface area contributed by atoms with E-state index in [-0.39, 0.29) is 29.8 Å². The summed E-state index contributed by atoms with van der Waals surface area (Å²) in [5, 5.41) is 5.01. The molecule has 1 heterocycles. The number of rotatable bonds is 7. The van der Waals surface area contributed by atoms with Gasteiger partial charge in [-0.25, -0.2) is 12.8 Å². The average Bonchev–Trinajstić information content (AvgIpc) is 2.82. The molecule has 1 fully saturated rings. The molecule has 0 bridgehead atoms. The fraction of sp³-hybridized carbons (Fsp3) is 0.292. The highest BCUT2D eigenvalue weighted by Gasteiger charge is 2.32. The van der Waals surface area contributed by atoms with Crippen molar-refractivity contribution in [3.05, 3.63) is 72.5 Å². The van der Waals surface area contributed by atoms with Gasteiger partial charge in [-0.2, -0.15) is 4.31 Å². The van der Waals surface area contributed by atoms with Gasteiger partial charge >= 0.3 is 0 Å². The molecule has 0 aliphatic carbocycles. The number of benzene rings is 3. The van der Waals surface area contributed by atoms with Crippen LogP contribution < -0.4 is 10.1 Å². The van der Waals surface area contributed by atoms with Gasteiger partial charge in [-0.3, -0.25) is 4.79 Å². The first-order valence-corrected chi connectivity index (χ1v) is 12.0. The standard InChI is InChI=1S/C24H25FN2O4S/c25-20-8-10-21(11-9-20)32(29,30)27-15-12-19(13-16-27)24(28)26-14-17-31-23-7-3-5-18-4-1-2-6-22(18)23/h1-11,19H,12-17H2,(H,26,28). The lowest BCUT2D eigenvalue weighted by Gasteiger charge is -2.30. The van der Waals surface area contributed by atoms with Crippen LogP contribution in [0.1, 0.15) is 12.8 Å². The Labute approximate surface area is 187 Å². The zero-order valence-electron chi connectivity index (χ0n) is 17.5. The van der Waals surface area contributed by atoms with E-state index in [0.717, 1.165) is 28.7 Å². The SMILES string of the molecule is O=C(NCCOc1cccc2ccccc12)C1CCN(S(=O)(=O)c2ccc(F)cc2)CC1. The number of sulfonamides is 1. The van der Waals surface area contributed by atoms with Gasteiger partial charge in [-0.1, -0.05) is 36.4 Å². The topological polar surface area (TPSA) is 75.7 Å². The second-order valence-electron chi connectivity index (χ2n) is 7.75. The van der Waals surface area contributed by atoms with Crippen LogP contribution in [0.4, 0.5) is 4.39 Å². The van der Waals surface area contributed by atoms with Crippen molar-refractivity contribution >= 4 is 26.7 Å². The number of hydrogen-bond acceptors (Lipinski definition) is 4. The molecule has 6 nitrogen and oxygen atoms in total. The summed E-state index contributed by atoms with van der Waals surface area (Å²) in [6.45, 7) is 1.22. The Morgan fingerprint density at radius 2 is 1.69 bits per heavy atom. The number of halogens is 1. The lowest BCUT2D eigenvalue weighted by atomic mass is 9.97. The van der Waals surface area contributed by atoms with Crippen molar-refractivity contribution in [3.63, 3.8) is 0 Å². The Morgan fingerprint density at radius 3 is 2.44 bits per heavy atom. The van der Waals surface area contributed by atoms with Gasteiger partial charge in [0, 0.05) is 24.4 Å². The van der Waals surface area contributed by atoms with Crippen LogP contribution in [-0.2, 0) is 14.8 Å². The normalized spacial score (nSPS) is 15.5. The first-order chi connectivity index (χ1) is 15.4. The summed E-state index contributed by atoms with van der Waals surface area (Å²) in [6.07, 6.45) is 0.882. The van der Waals surface area contributed by atoms with Crippen LogP contribution in [0, 0.1) is 11.7 Å². The molecule has 0 spiro atoms. The lowest BCUT2D eigenvalue weighted by Crippen LogP contribution is -2.43. The van der Waals surface area contributed by atoms with Gasteiger partial charge in [0.05, 0.1) is 11.4 Å². The molecular formula is C24H25FN2O4S. The third-order valence-electron chi connectivity index (χ3n) is 5.68. The van der Waals surface area contributed by atoms with Gasteiger partial charge in [-0.15, -0.1) is 0 Å². The Kier molecular flexibility index (Phi) is 6.72. The fourth-order valence-corrected chi connectivity index (χ4v) is 5.38. The average molecular weight is 457 g/mol. The quantitative estimate of drug-likeness (QED) is 0.552. The van der Waals surface area contributed by atoms with E-state index in [4.69, 9.17) is 4.74 Å². The van der Waals surface area contributed by atoms with Crippen LogP contribution >= 0.6 is 0 Å². The van der Waals surface area contributed by atoms with Crippen LogP contribution in [0.5, 0.6) is 5.75 Å². The van der Waals surface area contributed by atoms with Gasteiger partial charge in [0.1, 0.15) is 18.2 Å². The van der Waals surface area contributed by atoms with E-state index in [1.165, 1.54) is 16.4 Å². The third kappa shape index (κ3) is 4.92. The first-order valence-electron chi connectivity index (χ1n) is 10.6. The highest BCUT2D eigenvalue weighted by atomic mass is 32.2. The summed E-state index contributed by atoms with van der Waals surface area (Å²) in [5.74, 6) is -0.0435. The summed E-state index contributed by atoms with van der Waals surface area (Å²) in [6, 6.07) is 18.6. The van der Waals surface area contributed by atoms with Crippen LogP contribution in [0.25, 0.3) is 10.8 Å². The highest BCUT2D eigenvalue weighted by molar-refractivity contribution is 7.89. The molecule has 1 aliphatic rings. The third-order valence-corrected chi connectivity index (χ3v) is 7.60. The number of carbonyl (C=O) groups excluding carboxylic acids is 1. The number of nitrogens with zero attached hydrogens (tertiary/aromatic N) is 1. The maximum atomic E-state index is 13.1. The molecule has 0 radical (unpaired) electrons. The van der Waals surface area contributed by atoms with Gasteiger partial charge in [-0.05, 0) is 48.6 Å². The van der Waals surface area contributed by atoms with E-state index in [9.17, 15) is 17.6 Å². The number of piperidine rings is 1. The van der Waals surface area contributed by atoms with Crippen molar-refractivity contribution in [1.82, 2.24) is 9.62 Å². The summed E-state index contributed by atoms with van der Waals surface area (Å²) < 4.78 is 45.7. The van der Waals surface area contributed by atoms with Gasteiger partial charge in [0.2, 0.25) is 15.9 Å². The lowest BCUT2D eigenvalue weighted by molar-refractivity contribution is -0.126. The van der Waals surface area contributed by atoms with Gasteiger partial charge < -0.3 is 10.1 Å². The number of nitrogens with one attached hydrogen (secondary N) is 1. The molecule has 1 amide bonds. The minimum atomic E-state index is -3.68. The van der Waals surface area contributed by atoms with Crippen molar-refractivity contribution in [3.8, 4) is 5.75 Å². The molecule has 3 aromatic rings. The summed E-state index contributed by atoms with van der Waals surface area (Å²) >= 11 is 0. The van der Waals surface area contributed by atoms with E-state index in [1.807, 2.05) is 42.5 Å². The van der Waals surface area contributed by atoms with Crippen molar-refractivity contribution in [2.45, 2.75) is 17.7 Å². The van der Waals surface area contributed by atoms with Crippen LogP contribution in [-0.4, -0.2) is 44.9 Å². The molecule has 4 rings (SSSR count). The van der Waals surface area contributed by atoms with E-state index >= 15 is 0 Å². The molecule has 0 unspecified atom stereocenters. The van der Waals surface area contributed by atoms with Crippen LogP contribution in [0.2, 0.25) is 0 Å². The molecule has 168 valence electrons. The zero-order valence-corrected chi connectivity index (χ0v) is 18.4. The Balaban J connectivity index is 1.24. The molecule has 1 saturated heterocycles. The molecule has 1 aliphatic heterocycles. The largest absolute Gasteiger partial charge is 0.491 e. The molecule has 1 N–H and O–H groups in total. The number of hydrogen-bond donors (Lipinski definition) is 1. The number of fused-ring (bicyclic) bond motifs is 1. The van der Waals surface area contributed by atoms with Gasteiger partial charge in [0.15, 0.2) is 0 Å². The van der Waals surface area contributed by atoms with Crippen molar-refractivity contribution in [1.29, 1.82) is 0 Å². The molecule has 0 aromatic heterocycles. The van der Waals surface area contributed by atoms with E-state index < -0.39 is 15.8 Å². The van der Waals surface area contributed by atoms with Crippen LogP contribution in [0.3, 0.4) is 0 Å². The maximum Gasteiger partial charge on any atom is 0.243 e. The van der Waals surface area contributed by atoms with Gasteiger partial charge in [0.25, 0.3) is 0 Å². The molecule has 8 heteroatoms. The second kappa shape index (κ2) is 9.67. The highest BCUT2D eigenvalue weighted by Crippen LogP contribution is 2.26. The predicted octanol–water partition coefficient (Wildman–Crippen LogP) is 3.57. The maximum absolute atomic E-state index is 13.1. The summed E-state index contributed by atoms with van der Waals surface area (Å²) in [7, 11) is -3.68. The minimum Gasteiger partial charge on any atom is -0.491 e. The number of carbonyl (C=O) groups is 1. The monoisotopic (exact) mass is 456 g/mol.